The summed E-state index contributed by atoms with van der Waals surface area (Å²) in [7, 11) is 0. The van der Waals surface area contributed by atoms with Crippen LogP contribution in [-0.4, -0.2) is 5.11 Å². The van der Waals surface area contributed by atoms with Gasteiger partial charge in [0.05, 0.1) is 6.04 Å². The van der Waals surface area contributed by atoms with Crippen molar-refractivity contribution in [3.8, 4) is 0 Å². The normalized spacial score (nSPS) is 13.2. The van der Waals surface area contributed by atoms with Gasteiger partial charge in [0.2, 0.25) is 0 Å². The van der Waals surface area contributed by atoms with Crippen LogP contribution in [0.4, 0.5) is 10.1 Å². The van der Waals surface area contributed by atoms with E-state index >= 15 is 0 Å². The van der Waals surface area contributed by atoms with Gasteiger partial charge in [-0.1, -0.05) is 44.2 Å². The second kappa shape index (κ2) is 8.06. The summed E-state index contributed by atoms with van der Waals surface area (Å²) in [6.07, 6.45) is 1.13. The summed E-state index contributed by atoms with van der Waals surface area (Å²) in [4.78, 5) is 0. The monoisotopic (exact) mass is 330 g/mol. The standard InChI is InChI=1S/C19H23FN2S/c1-4-13(2)15-8-10-16(11-9-15)14(3)21-19(23)22-18-7-5-6-17(20)12-18/h5-14H,4H2,1-3H3,(H2,21,22,23). The third kappa shape index (κ3) is 5.03. The minimum absolute atomic E-state index is 0.0783. The maximum atomic E-state index is 13.2. The van der Waals surface area contributed by atoms with Crippen LogP contribution >= 0.6 is 12.2 Å². The van der Waals surface area contributed by atoms with Gasteiger partial charge >= 0.3 is 0 Å². The minimum Gasteiger partial charge on any atom is -0.356 e. The lowest BCUT2D eigenvalue weighted by Gasteiger charge is -2.18. The highest BCUT2D eigenvalue weighted by molar-refractivity contribution is 7.80. The second-order valence-corrected chi connectivity index (χ2v) is 6.21. The molecule has 0 aromatic heterocycles. The molecule has 2 nitrogen and oxygen atoms in total. The number of halogens is 1. The van der Waals surface area contributed by atoms with Crippen molar-refractivity contribution in [3.63, 3.8) is 0 Å². The van der Waals surface area contributed by atoms with Crippen LogP contribution in [-0.2, 0) is 0 Å². The van der Waals surface area contributed by atoms with Crippen LogP contribution < -0.4 is 10.6 Å². The van der Waals surface area contributed by atoms with Gasteiger partial charge in [-0.15, -0.1) is 0 Å². The first-order valence-electron chi connectivity index (χ1n) is 7.92. The van der Waals surface area contributed by atoms with E-state index in [9.17, 15) is 4.39 Å². The lowest BCUT2D eigenvalue weighted by molar-refractivity contribution is 0.628. The number of benzene rings is 2. The average molecular weight is 330 g/mol. The Labute approximate surface area is 143 Å². The Kier molecular flexibility index (Phi) is 6.11. The molecule has 0 heterocycles. The van der Waals surface area contributed by atoms with Gasteiger partial charge in [0.1, 0.15) is 5.82 Å². The summed E-state index contributed by atoms with van der Waals surface area (Å²) >= 11 is 5.30. The van der Waals surface area contributed by atoms with Gasteiger partial charge in [0.25, 0.3) is 0 Å². The fourth-order valence-electron chi connectivity index (χ4n) is 2.36. The van der Waals surface area contributed by atoms with Crippen LogP contribution in [0.15, 0.2) is 48.5 Å². The van der Waals surface area contributed by atoms with E-state index in [1.165, 1.54) is 23.3 Å². The summed E-state index contributed by atoms with van der Waals surface area (Å²) in [5.74, 6) is 0.287. The Morgan fingerprint density at radius 3 is 2.35 bits per heavy atom. The van der Waals surface area contributed by atoms with Gasteiger partial charge in [0, 0.05) is 5.69 Å². The highest BCUT2D eigenvalue weighted by Crippen LogP contribution is 2.21. The van der Waals surface area contributed by atoms with Crippen molar-refractivity contribution in [2.45, 2.75) is 39.2 Å². The molecular weight excluding hydrogens is 307 g/mol. The maximum Gasteiger partial charge on any atom is 0.171 e. The Morgan fingerprint density at radius 1 is 1.09 bits per heavy atom. The van der Waals surface area contributed by atoms with Gasteiger partial charge in [-0.3, -0.25) is 0 Å². The van der Waals surface area contributed by atoms with E-state index in [0.717, 1.165) is 6.42 Å². The van der Waals surface area contributed by atoms with E-state index in [0.29, 0.717) is 16.7 Å². The molecule has 0 amide bonds. The fraction of sp³-hybridized carbons (Fsp3) is 0.316. The van der Waals surface area contributed by atoms with Crippen molar-refractivity contribution in [1.29, 1.82) is 0 Å². The summed E-state index contributed by atoms with van der Waals surface area (Å²) in [5, 5.41) is 6.71. The second-order valence-electron chi connectivity index (χ2n) is 5.81. The topological polar surface area (TPSA) is 24.1 Å². The van der Waals surface area contributed by atoms with Crippen molar-refractivity contribution in [2.24, 2.45) is 0 Å². The van der Waals surface area contributed by atoms with Crippen molar-refractivity contribution in [1.82, 2.24) is 5.32 Å². The molecule has 0 bridgehead atoms. The van der Waals surface area contributed by atoms with Crippen molar-refractivity contribution in [3.05, 3.63) is 65.5 Å². The molecule has 0 radical (unpaired) electrons. The summed E-state index contributed by atoms with van der Waals surface area (Å²) in [6.45, 7) is 6.48. The van der Waals surface area contributed by atoms with Crippen LogP contribution in [0, 0.1) is 5.82 Å². The van der Waals surface area contributed by atoms with Crippen LogP contribution in [0.5, 0.6) is 0 Å². The Morgan fingerprint density at radius 2 is 1.74 bits per heavy atom. The Hall–Kier alpha value is -1.94. The number of rotatable bonds is 5. The largest absolute Gasteiger partial charge is 0.356 e. The quantitative estimate of drug-likeness (QED) is 0.719. The highest BCUT2D eigenvalue weighted by Gasteiger charge is 2.09. The van der Waals surface area contributed by atoms with Gasteiger partial charge in [-0.2, -0.15) is 0 Å². The van der Waals surface area contributed by atoms with E-state index in [1.807, 2.05) is 0 Å². The number of thiocarbonyl (C=S) groups is 1. The van der Waals surface area contributed by atoms with Crippen molar-refractivity contribution < 1.29 is 4.39 Å². The zero-order valence-electron chi connectivity index (χ0n) is 13.8. The summed E-state index contributed by atoms with van der Waals surface area (Å²) in [6, 6.07) is 14.9. The molecule has 2 unspecified atom stereocenters. The highest BCUT2D eigenvalue weighted by atomic mass is 32.1. The van der Waals surface area contributed by atoms with Gasteiger partial charge < -0.3 is 10.6 Å². The molecule has 0 aliphatic rings. The predicted molar refractivity (Wildman–Crippen MR) is 99.3 cm³/mol. The third-order valence-electron chi connectivity index (χ3n) is 4.05. The van der Waals surface area contributed by atoms with Crippen molar-refractivity contribution >= 4 is 23.0 Å². The molecule has 23 heavy (non-hydrogen) atoms. The fourth-order valence-corrected chi connectivity index (χ4v) is 2.66. The number of anilines is 1. The van der Waals surface area contributed by atoms with Gasteiger partial charge in [0.15, 0.2) is 5.11 Å². The van der Waals surface area contributed by atoms with Crippen LogP contribution in [0.2, 0.25) is 0 Å². The maximum absolute atomic E-state index is 13.2. The molecule has 2 rings (SSSR count). The molecule has 2 atom stereocenters. The molecule has 0 fully saturated rings. The third-order valence-corrected chi connectivity index (χ3v) is 4.27. The van der Waals surface area contributed by atoms with E-state index in [-0.39, 0.29) is 11.9 Å². The van der Waals surface area contributed by atoms with E-state index in [4.69, 9.17) is 12.2 Å². The van der Waals surface area contributed by atoms with Crippen LogP contribution in [0.3, 0.4) is 0 Å². The van der Waals surface area contributed by atoms with Crippen molar-refractivity contribution in [2.75, 3.05) is 5.32 Å². The van der Waals surface area contributed by atoms with Crippen LogP contribution in [0.25, 0.3) is 0 Å². The molecule has 4 heteroatoms. The molecule has 0 spiro atoms. The Balaban J connectivity index is 1.95. The van der Waals surface area contributed by atoms with Gasteiger partial charge in [-0.25, -0.2) is 4.39 Å². The first kappa shape index (κ1) is 17.4. The molecule has 0 saturated carbocycles. The molecule has 122 valence electrons. The molecule has 2 aromatic rings. The molecule has 0 aliphatic heterocycles. The first-order chi connectivity index (χ1) is 11.0. The molecular formula is C19H23FN2S. The zero-order chi connectivity index (χ0) is 16.8. The smallest absolute Gasteiger partial charge is 0.171 e. The van der Waals surface area contributed by atoms with E-state index in [1.54, 1.807) is 12.1 Å². The number of hydrogen-bond donors (Lipinski definition) is 2. The van der Waals surface area contributed by atoms with E-state index < -0.39 is 0 Å². The Bertz CT molecular complexity index is 655. The minimum atomic E-state index is -0.286. The number of nitrogens with one attached hydrogen (secondary N) is 2. The summed E-state index contributed by atoms with van der Waals surface area (Å²) < 4.78 is 13.2. The molecule has 2 aromatic carbocycles. The molecule has 2 N–H and O–H groups in total. The van der Waals surface area contributed by atoms with E-state index in [2.05, 4.69) is 55.7 Å². The zero-order valence-corrected chi connectivity index (χ0v) is 14.6. The molecule has 0 aliphatic carbocycles. The SMILES string of the molecule is CCC(C)c1ccc(C(C)NC(=S)Nc2cccc(F)c2)cc1. The first-order valence-corrected chi connectivity index (χ1v) is 8.33. The van der Waals surface area contributed by atoms with Crippen LogP contribution in [0.1, 0.15) is 50.3 Å². The lowest BCUT2D eigenvalue weighted by atomic mass is 9.96. The average Bonchev–Trinajstić information content (AvgIpc) is 2.54. The molecule has 0 saturated heterocycles. The lowest BCUT2D eigenvalue weighted by Crippen LogP contribution is -2.30. The van der Waals surface area contributed by atoms with Gasteiger partial charge in [-0.05, 0) is 60.8 Å². The predicted octanol–water partition coefficient (Wildman–Crippen LogP) is 5.39. The number of hydrogen-bond acceptors (Lipinski definition) is 1. The summed E-state index contributed by atoms with van der Waals surface area (Å²) in [5.41, 5.74) is 3.16.